The number of hydrogen-bond donors (Lipinski definition) is 0. The molecule has 134 valence electrons. The van der Waals surface area contributed by atoms with E-state index in [4.69, 9.17) is 4.52 Å². The van der Waals surface area contributed by atoms with Crippen LogP contribution in [0.3, 0.4) is 0 Å². The van der Waals surface area contributed by atoms with E-state index in [1.165, 1.54) is 11.3 Å². The number of rotatable bonds is 5. The molecule has 0 bridgehead atoms. The first-order valence-electron chi connectivity index (χ1n) is 8.72. The Morgan fingerprint density at radius 2 is 2.08 bits per heavy atom. The fourth-order valence-electron chi connectivity index (χ4n) is 3.19. The molecule has 1 saturated heterocycles. The van der Waals surface area contributed by atoms with E-state index in [0.717, 1.165) is 47.0 Å². The molecule has 0 spiro atoms. The zero-order chi connectivity index (χ0) is 18.0. The third-order valence-corrected chi connectivity index (χ3v) is 5.96. The smallest absolute Gasteiger partial charge is 0.276 e. The van der Waals surface area contributed by atoms with Crippen molar-refractivity contribution in [2.45, 2.75) is 52.4 Å². The number of carbonyl (C=O) groups excluding carboxylic acids is 2. The van der Waals surface area contributed by atoms with Gasteiger partial charge in [0.25, 0.3) is 5.91 Å². The molecule has 25 heavy (non-hydrogen) atoms. The third kappa shape index (κ3) is 3.81. The van der Waals surface area contributed by atoms with Gasteiger partial charge in [-0.2, -0.15) is 0 Å². The molecule has 0 saturated carbocycles. The quantitative estimate of drug-likeness (QED) is 0.760. The van der Waals surface area contributed by atoms with Crippen LogP contribution in [0.4, 0.5) is 0 Å². The number of ketones is 1. The van der Waals surface area contributed by atoms with E-state index in [-0.39, 0.29) is 11.7 Å². The van der Waals surface area contributed by atoms with Gasteiger partial charge in [-0.15, -0.1) is 11.3 Å². The van der Waals surface area contributed by atoms with Gasteiger partial charge in [0.2, 0.25) is 0 Å². The lowest BCUT2D eigenvalue weighted by atomic mass is 9.97. The van der Waals surface area contributed by atoms with E-state index < -0.39 is 0 Å². The lowest BCUT2D eigenvalue weighted by Gasteiger charge is -2.30. The Balaban J connectivity index is 1.62. The van der Waals surface area contributed by atoms with Crippen LogP contribution in [-0.2, 0) is 6.42 Å². The number of Topliss-reactive ketones (excluding diaryl/α,β-unsaturated/α-hetero) is 1. The average molecular weight is 361 g/mol. The monoisotopic (exact) mass is 361 g/mol. The van der Waals surface area contributed by atoms with Crippen LogP contribution < -0.4 is 0 Å². The highest BCUT2D eigenvalue weighted by Crippen LogP contribution is 2.33. The van der Waals surface area contributed by atoms with E-state index >= 15 is 0 Å². The Labute approximate surface area is 151 Å². The van der Waals surface area contributed by atoms with E-state index in [1.54, 1.807) is 13.0 Å². The minimum atomic E-state index is -0.0655. The number of amides is 1. The Bertz CT molecular complexity index is 772. The van der Waals surface area contributed by atoms with Crippen molar-refractivity contribution in [2.24, 2.45) is 0 Å². The van der Waals surface area contributed by atoms with Crippen LogP contribution in [0.5, 0.6) is 0 Å². The zero-order valence-corrected chi connectivity index (χ0v) is 15.7. The first kappa shape index (κ1) is 17.8. The van der Waals surface area contributed by atoms with Crippen LogP contribution in [0.25, 0.3) is 0 Å². The fourth-order valence-corrected chi connectivity index (χ4v) is 4.32. The van der Waals surface area contributed by atoms with Crippen LogP contribution in [0.15, 0.2) is 10.6 Å². The summed E-state index contributed by atoms with van der Waals surface area (Å²) in [4.78, 5) is 31.3. The van der Waals surface area contributed by atoms with Crippen molar-refractivity contribution in [3.63, 3.8) is 0 Å². The molecule has 0 aliphatic carbocycles. The number of hydrogen-bond acceptors (Lipinski definition) is 6. The van der Waals surface area contributed by atoms with E-state index in [2.05, 4.69) is 17.1 Å². The fraction of sp³-hybridized carbons (Fsp3) is 0.556. The lowest BCUT2D eigenvalue weighted by molar-refractivity contribution is 0.0702. The zero-order valence-electron chi connectivity index (χ0n) is 14.9. The van der Waals surface area contributed by atoms with Gasteiger partial charge >= 0.3 is 0 Å². The molecule has 1 aliphatic rings. The summed E-state index contributed by atoms with van der Waals surface area (Å²) in [6, 6.07) is 1.75. The van der Waals surface area contributed by atoms with Gasteiger partial charge < -0.3 is 9.42 Å². The maximum absolute atomic E-state index is 12.6. The van der Waals surface area contributed by atoms with Crippen molar-refractivity contribution >= 4 is 23.0 Å². The molecule has 2 aromatic heterocycles. The lowest BCUT2D eigenvalue weighted by Crippen LogP contribution is -2.38. The average Bonchev–Trinajstić information content (AvgIpc) is 3.21. The molecule has 3 heterocycles. The van der Waals surface area contributed by atoms with Gasteiger partial charge in [-0.25, -0.2) is 4.98 Å². The Morgan fingerprint density at radius 3 is 2.68 bits per heavy atom. The predicted octanol–water partition coefficient (Wildman–Crippen LogP) is 3.61. The second-order valence-electron chi connectivity index (χ2n) is 6.52. The molecule has 0 N–H and O–H groups in total. The summed E-state index contributed by atoms with van der Waals surface area (Å²) in [6.45, 7) is 6.87. The van der Waals surface area contributed by atoms with Gasteiger partial charge in [0.1, 0.15) is 5.76 Å². The van der Waals surface area contributed by atoms with E-state index in [1.807, 2.05) is 11.8 Å². The van der Waals surface area contributed by atoms with Crippen molar-refractivity contribution in [2.75, 3.05) is 13.1 Å². The van der Waals surface area contributed by atoms with Gasteiger partial charge in [-0.3, -0.25) is 9.59 Å². The SMILES string of the molecule is CCCc1cc(C(=O)N2CCC(c3nc(C)c(C(C)=O)s3)CC2)no1. The van der Waals surface area contributed by atoms with Gasteiger partial charge in [0.05, 0.1) is 15.6 Å². The number of carbonyl (C=O) groups is 2. The summed E-state index contributed by atoms with van der Waals surface area (Å²) < 4.78 is 5.21. The molecular formula is C18H23N3O3S. The van der Waals surface area contributed by atoms with Crippen LogP contribution >= 0.6 is 11.3 Å². The summed E-state index contributed by atoms with van der Waals surface area (Å²) in [5.74, 6) is 1.08. The van der Waals surface area contributed by atoms with Crippen LogP contribution in [0, 0.1) is 6.92 Å². The van der Waals surface area contributed by atoms with Gasteiger partial charge in [0.15, 0.2) is 11.5 Å². The van der Waals surface area contributed by atoms with E-state index in [0.29, 0.717) is 24.7 Å². The maximum Gasteiger partial charge on any atom is 0.276 e. The summed E-state index contributed by atoms with van der Waals surface area (Å²) in [6.07, 6.45) is 3.47. The predicted molar refractivity (Wildman–Crippen MR) is 95.2 cm³/mol. The molecular weight excluding hydrogens is 338 g/mol. The van der Waals surface area contributed by atoms with Crippen molar-refractivity contribution in [1.29, 1.82) is 0 Å². The minimum absolute atomic E-state index is 0.0655. The van der Waals surface area contributed by atoms with Crippen molar-refractivity contribution < 1.29 is 14.1 Å². The van der Waals surface area contributed by atoms with E-state index in [9.17, 15) is 9.59 Å². The first-order valence-corrected chi connectivity index (χ1v) is 9.54. The summed E-state index contributed by atoms with van der Waals surface area (Å²) in [7, 11) is 0. The maximum atomic E-state index is 12.6. The molecule has 0 radical (unpaired) electrons. The standard InChI is InChI=1S/C18H23N3O3S/c1-4-5-14-10-15(20-24-14)18(23)21-8-6-13(7-9-21)17-19-11(2)16(25-17)12(3)22/h10,13H,4-9H2,1-3H3. The van der Waals surface area contributed by atoms with Crippen molar-refractivity contribution in [3.05, 3.63) is 33.1 Å². The largest absolute Gasteiger partial charge is 0.361 e. The molecule has 0 aromatic carbocycles. The summed E-state index contributed by atoms with van der Waals surface area (Å²) >= 11 is 1.50. The highest BCUT2D eigenvalue weighted by molar-refractivity contribution is 7.13. The first-order chi connectivity index (χ1) is 12.0. The second-order valence-corrected chi connectivity index (χ2v) is 7.55. The molecule has 1 amide bonds. The normalized spacial score (nSPS) is 15.6. The summed E-state index contributed by atoms with van der Waals surface area (Å²) in [5, 5.41) is 4.92. The second kappa shape index (κ2) is 7.47. The topological polar surface area (TPSA) is 76.3 Å². The number of aromatic nitrogens is 2. The molecule has 2 aromatic rings. The molecule has 3 rings (SSSR count). The highest BCUT2D eigenvalue weighted by Gasteiger charge is 2.28. The number of piperidine rings is 1. The van der Waals surface area contributed by atoms with Crippen molar-refractivity contribution in [1.82, 2.24) is 15.0 Å². The Kier molecular flexibility index (Phi) is 5.32. The number of nitrogens with zero attached hydrogens (tertiary/aromatic N) is 3. The van der Waals surface area contributed by atoms with Gasteiger partial charge in [-0.05, 0) is 26.2 Å². The van der Waals surface area contributed by atoms with Crippen LogP contribution in [0.1, 0.15) is 75.6 Å². The third-order valence-electron chi connectivity index (χ3n) is 4.54. The summed E-state index contributed by atoms with van der Waals surface area (Å²) in [5.41, 5.74) is 1.21. The minimum Gasteiger partial charge on any atom is -0.361 e. The van der Waals surface area contributed by atoms with Crippen molar-refractivity contribution in [3.8, 4) is 0 Å². The van der Waals surface area contributed by atoms with Gasteiger partial charge in [-0.1, -0.05) is 12.1 Å². The molecule has 7 heteroatoms. The molecule has 1 aliphatic heterocycles. The number of likely N-dealkylation sites (tertiary alicyclic amines) is 1. The number of thiazole rings is 1. The van der Waals surface area contributed by atoms with Gasteiger partial charge in [0, 0.05) is 38.4 Å². The number of aryl methyl sites for hydroxylation is 2. The highest BCUT2D eigenvalue weighted by atomic mass is 32.1. The van der Waals surface area contributed by atoms with Crippen LogP contribution in [-0.4, -0.2) is 39.8 Å². The Hall–Kier alpha value is -2.02. The molecule has 6 nitrogen and oxygen atoms in total. The van der Waals surface area contributed by atoms with Crippen LogP contribution in [0.2, 0.25) is 0 Å². The molecule has 0 atom stereocenters. The Morgan fingerprint density at radius 1 is 1.36 bits per heavy atom. The molecule has 1 fully saturated rings. The molecule has 0 unspecified atom stereocenters.